The summed E-state index contributed by atoms with van der Waals surface area (Å²) >= 11 is 0. The second-order valence-corrected chi connectivity index (χ2v) is 4.24. The smallest absolute Gasteiger partial charge is 0.272 e. The molecule has 1 aromatic carbocycles. The van der Waals surface area contributed by atoms with Crippen LogP contribution in [0.2, 0.25) is 0 Å². The van der Waals surface area contributed by atoms with Crippen molar-refractivity contribution >= 4 is 5.69 Å². The fraction of sp³-hybridized carbons (Fsp3) is 0.308. The van der Waals surface area contributed by atoms with Gasteiger partial charge in [-0.2, -0.15) is 0 Å². The molecule has 0 saturated carbocycles. The molecule has 94 valence electrons. The first-order chi connectivity index (χ1) is 8.59. The van der Waals surface area contributed by atoms with E-state index in [0.29, 0.717) is 13.0 Å². The number of nitro benzene ring substituents is 1. The van der Waals surface area contributed by atoms with Crippen LogP contribution in [-0.4, -0.2) is 14.5 Å². The van der Waals surface area contributed by atoms with Crippen LogP contribution in [0.4, 0.5) is 5.69 Å². The van der Waals surface area contributed by atoms with Gasteiger partial charge in [0.25, 0.3) is 5.69 Å². The van der Waals surface area contributed by atoms with Crippen molar-refractivity contribution in [3.8, 4) is 0 Å². The number of hydrogen-bond acceptors (Lipinski definition) is 3. The summed E-state index contributed by atoms with van der Waals surface area (Å²) in [4.78, 5) is 14.8. The SMILES string of the molecule is Cc1ncn(CCc2ccccc2[N+](=O)[O-])c1C. The molecule has 18 heavy (non-hydrogen) atoms. The number of para-hydroxylation sites is 1. The van der Waals surface area contributed by atoms with Crippen molar-refractivity contribution in [1.29, 1.82) is 0 Å². The van der Waals surface area contributed by atoms with Crippen LogP contribution < -0.4 is 0 Å². The third-order valence-corrected chi connectivity index (χ3v) is 3.16. The minimum atomic E-state index is -0.332. The van der Waals surface area contributed by atoms with Crippen molar-refractivity contribution in [1.82, 2.24) is 9.55 Å². The molecular weight excluding hydrogens is 230 g/mol. The normalized spacial score (nSPS) is 10.6. The molecule has 0 N–H and O–H groups in total. The van der Waals surface area contributed by atoms with E-state index >= 15 is 0 Å². The van der Waals surface area contributed by atoms with Gasteiger partial charge in [0.05, 0.1) is 16.9 Å². The van der Waals surface area contributed by atoms with E-state index in [1.165, 1.54) is 0 Å². The van der Waals surface area contributed by atoms with Gasteiger partial charge in [0.2, 0.25) is 0 Å². The molecule has 2 aromatic rings. The van der Waals surface area contributed by atoms with E-state index in [1.54, 1.807) is 24.5 Å². The maximum atomic E-state index is 10.9. The summed E-state index contributed by atoms with van der Waals surface area (Å²) < 4.78 is 2.02. The molecule has 0 amide bonds. The molecule has 1 heterocycles. The molecule has 0 unspecified atom stereocenters. The van der Waals surface area contributed by atoms with E-state index in [1.807, 2.05) is 24.5 Å². The highest BCUT2D eigenvalue weighted by atomic mass is 16.6. The van der Waals surface area contributed by atoms with Crippen molar-refractivity contribution in [3.63, 3.8) is 0 Å². The van der Waals surface area contributed by atoms with Crippen LogP contribution in [-0.2, 0) is 13.0 Å². The number of nitro groups is 1. The molecule has 1 aromatic heterocycles. The molecule has 0 bridgehead atoms. The maximum Gasteiger partial charge on any atom is 0.272 e. The summed E-state index contributed by atoms with van der Waals surface area (Å²) in [6.45, 7) is 4.66. The Bertz CT molecular complexity index is 575. The number of imidazole rings is 1. The van der Waals surface area contributed by atoms with E-state index in [4.69, 9.17) is 0 Å². The van der Waals surface area contributed by atoms with Crippen LogP contribution in [0.3, 0.4) is 0 Å². The summed E-state index contributed by atoms with van der Waals surface area (Å²) in [5.41, 5.74) is 3.05. The number of rotatable bonds is 4. The Morgan fingerprint density at radius 1 is 1.33 bits per heavy atom. The standard InChI is InChI=1S/C13H15N3O2/c1-10-11(2)15(9-14-10)8-7-12-5-3-4-6-13(12)16(17)18/h3-6,9H,7-8H2,1-2H3. The van der Waals surface area contributed by atoms with Gasteiger partial charge in [-0.25, -0.2) is 4.98 Å². The Morgan fingerprint density at radius 3 is 2.67 bits per heavy atom. The molecule has 0 atom stereocenters. The highest BCUT2D eigenvalue weighted by Gasteiger charge is 2.12. The van der Waals surface area contributed by atoms with Crippen molar-refractivity contribution in [3.05, 3.63) is 57.7 Å². The topological polar surface area (TPSA) is 61.0 Å². The number of aromatic nitrogens is 2. The molecule has 5 heteroatoms. The summed E-state index contributed by atoms with van der Waals surface area (Å²) in [7, 11) is 0. The lowest BCUT2D eigenvalue weighted by Gasteiger charge is -2.06. The third kappa shape index (κ3) is 2.40. The summed E-state index contributed by atoms with van der Waals surface area (Å²) in [5.74, 6) is 0. The second-order valence-electron chi connectivity index (χ2n) is 4.24. The lowest BCUT2D eigenvalue weighted by atomic mass is 10.1. The predicted octanol–water partition coefficient (Wildman–Crippen LogP) is 2.65. The molecule has 0 fully saturated rings. The van der Waals surface area contributed by atoms with E-state index in [2.05, 4.69) is 4.98 Å². The molecular formula is C13H15N3O2. The van der Waals surface area contributed by atoms with Gasteiger partial charge < -0.3 is 4.57 Å². The van der Waals surface area contributed by atoms with Crippen LogP contribution in [0.1, 0.15) is 17.0 Å². The Morgan fingerprint density at radius 2 is 2.06 bits per heavy atom. The highest BCUT2D eigenvalue weighted by Crippen LogP contribution is 2.19. The lowest BCUT2D eigenvalue weighted by molar-refractivity contribution is -0.385. The molecule has 0 spiro atoms. The van der Waals surface area contributed by atoms with Gasteiger partial charge >= 0.3 is 0 Å². The Labute approximate surface area is 105 Å². The van der Waals surface area contributed by atoms with E-state index in [9.17, 15) is 10.1 Å². The van der Waals surface area contributed by atoms with Crippen LogP contribution >= 0.6 is 0 Å². The molecule has 2 rings (SSSR count). The molecule has 0 radical (unpaired) electrons. The summed E-state index contributed by atoms with van der Waals surface area (Å²) in [6, 6.07) is 6.86. The molecule has 0 aliphatic rings. The zero-order valence-corrected chi connectivity index (χ0v) is 10.5. The minimum absolute atomic E-state index is 0.187. The van der Waals surface area contributed by atoms with Gasteiger partial charge in [0.15, 0.2) is 0 Å². The Hall–Kier alpha value is -2.17. The van der Waals surface area contributed by atoms with E-state index in [0.717, 1.165) is 17.0 Å². The lowest BCUT2D eigenvalue weighted by Crippen LogP contribution is -2.04. The number of aryl methyl sites for hydroxylation is 3. The highest BCUT2D eigenvalue weighted by molar-refractivity contribution is 5.39. The number of nitrogens with zero attached hydrogens (tertiary/aromatic N) is 3. The second kappa shape index (κ2) is 5.00. The van der Waals surface area contributed by atoms with Crippen LogP contribution in [0, 0.1) is 24.0 Å². The van der Waals surface area contributed by atoms with Gasteiger partial charge in [-0.3, -0.25) is 10.1 Å². The monoisotopic (exact) mass is 245 g/mol. The van der Waals surface area contributed by atoms with Crippen molar-refractivity contribution < 1.29 is 4.92 Å². The first-order valence-corrected chi connectivity index (χ1v) is 5.80. The van der Waals surface area contributed by atoms with Crippen LogP contribution in [0.15, 0.2) is 30.6 Å². The van der Waals surface area contributed by atoms with Gasteiger partial charge in [-0.15, -0.1) is 0 Å². The first-order valence-electron chi connectivity index (χ1n) is 5.80. The van der Waals surface area contributed by atoms with Crippen molar-refractivity contribution in [2.24, 2.45) is 0 Å². The molecule has 5 nitrogen and oxygen atoms in total. The predicted molar refractivity (Wildman–Crippen MR) is 68.5 cm³/mol. The van der Waals surface area contributed by atoms with Crippen LogP contribution in [0.25, 0.3) is 0 Å². The minimum Gasteiger partial charge on any atom is -0.334 e. The quantitative estimate of drug-likeness (QED) is 0.614. The van der Waals surface area contributed by atoms with Gasteiger partial charge in [0.1, 0.15) is 0 Å². The van der Waals surface area contributed by atoms with Gasteiger partial charge in [0, 0.05) is 23.9 Å². The zero-order valence-electron chi connectivity index (χ0n) is 10.5. The largest absolute Gasteiger partial charge is 0.334 e. The molecule has 0 aliphatic heterocycles. The van der Waals surface area contributed by atoms with Gasteiger partial charge in [-0.1, -0.05) is 18.2 Å². The molecule has 0 saturated heterocycles. The zero-order chi connectivity index (χ0) is 13.1. The summed E-state index contributed by atoms with van der Waals surface area (Å²) in [6.07, 6.45) is 2.41. The van der Waals surface area contributed by atoms with Gasteiger partial charge in [-0.05, 0) is 20.3 Å². The first kappa shape index (κ1) is 12.3. The van der Waals surface area contributed by atoms with E-state index in [-0.39, 0.29) is 10.6 Å². The summed E-state index contributed by atoms with van der Waals surface area (Å²) in [5, 5.41) is 10.9. The van der Waals surface area contributed by atoms with Crippen molar-refractivity contribution in [2.75, 3.05) is 0 Å². The van der Waals surface area contributed by atoms with Crippen LogP contribution in [0.5, 0.6) is 0 Å². The average molecular weight is 245 g/mol. The third-order valence-electron chi connectivity index (χ3n) is 3.16. The average Bonchev–Trinajstić information content (AvgIpc) is 2.68. The Kier molecular flexibility index (Phi) is 3.41. The maximum absolute atomic E-state index is 10.9. The molecule has 0 aliphatic carbocycles. The van der Waals surface area contributed by atoms with E-state index < -0.39 is 0 Å². The number of hydrogen-bond donors (Lipinski definition) is 0. The fourth-order valence-electron chi connectivity index (χ4n) is 1.91. The fourth-order valence-corrected chi connectivity index (χ4v) is 1.91. The number of benzene rings is 1. The Balaban J connectivity index is 2.16. The van der Waals surface area contributed by atoms with Crippen molar-refractivity contribution in [2.45, 2.75) is 26.8 Å².